The maximum atomic E-state index is 5.68. The molecule has 4 nitrogen and oxygen atoms in total. The molecule has 10 heteroatoms. The van der Waals surface area contributed by atoms with Crippen LogP contribution in [0.25, 0.3) is 0 Å². The van der Waals surface area contributed by atoms with Gasteiger partial charge < -0.3 is 19.3 Å². The summed E-state index contributed by atoms with van der Waals surface area (Å²) in [5.41, 5.74) is 0. The lowest BCUT2D eigenvalue weighted by molar-refractivity contribution is 0.0702. The van der Waals surface area contributed by atoms with Gasteiger partial charge in [0, 0.05) is 37.2 Å². The van der Waals surface area contributed by atoms with Gasteiger partial charge >= 0.3 is 0 Å². The van der Waals surface area contributed by atoms with E-state index in [0.717, 1.165) is 79.0 Å². The van der Waals surface area contributed by atoms with Crippen molar-refractivity contribution in [2.24, 2.45) is 17.8 Å². The maximum Gasteiger partial charge on any atom is 0.147 e. The van der Waals surface area contributed by atoms with Gasteiger partial charge in [-0.15, -0.1) is 0 Å². The van der Waals surface area contributed by atoms with Crippen LogP contribution in [0, 0.1) is 17.8 Å². The van der Waals surface area contributed by atoms with Crippen LogP contribution in [0.2, 0.25) is 0 Å². The van der Waals surface area contributed by atoms with Gasteiger partial charge in [-0.3, -0.25) is 0 Å². The zero-order chi connectivity index (χ0) is 21.3. The second kappa shape index (κ2) is 13.7. The molecule has 2 saturated heterocycles. The molecule has 2 aliphatic heterocycles. The van der Waals surface area contributed by atoms with Gasteiger partial charge in [0.2, 0.25) is 0 Å². The molecule has 0 aromatic rings. The highest BCUT2D eigenvalue weighted by Gasteiger charge is 2.32. The van der Waals surface area contributed by atoms with Gasteiger partial charge in [0.1, 0.15) is 8.64 Å². The van der Waals surface area contributed by atoms with E-state index >= 15 is 0 Å². The Morgan fingerprint density at radius 3 is 2.10 bits per heavy atom. The van der Waals surface area contributed by atoms with Crippen LogP contribution >= 0.6 is 67.6 Å². The SMILES string of the molecule is CC(CSSC(=S)N1CCOCC1)C1CCC(C)C(SSC(=S)N2CCOCC2)C1. The molecule has 0 aromatic carbocycles. The lowest BCUT2D eigenvalue weighted by Gasteiger charge is -2.37. The Balaban J connectivity index is 1.36. The van der Waals surface area contributed by atoms with Gasteiger partial charge in [-0.25, -0.2) is 0 Å². The highest BCUT2D eigenvalue weighted by Crippen LogP contribution is 2.45. The first-order valence-electron chi connectivity index (χ1n) is 10.9. The Morgan fingerprint density at radius 1 is 0.933 bits per heavy atom. The number of thiocarbonyl (C=S) groups is 2. The first-order valence-corrected chi connectivity index (χ1v) is 16.3. The fraction of sp³-hybridized carbons (Fsp3) is 0.900. The van der Waals surface area contributed by atoms with Crippen LogP contribution in [0.3, 0.4) is 0 Å². The first-order chi connectivity index (χ1) is 14.5. The molecule has 0 amide bonds. The maximum absolute atomic E-state index is 5.68. The Hall–Kier alpha value is 1.10. The van der Waals surface area contributed by atoms with E-state index in [1.807, 2.05) is 32.4 Å². The van der Waals surface area contributed by atoms with Crippen LogP contribution in [0.15, 0.2) is 0 Å². The van der Waals surface area contributed by atoms with Crippen LogP contribution in [-0.2, 0) is 9.47 Å². The van der Waals surface area contributed by atoms with Gasteiger partial charge in [0.05, 0.1) is 26.4 Å². The number of nitrogens with zero attached hydrogens (tertiary/aromatic N) is 2. The van der Waals surface area contributed by atoms with Gasteiger partial charge in [0.15, 0.2) is 0 Å². The molecular formula is C20H34N2O2S6. The summed E-state index contributed by atoms with van der Waals surface area (Å²) in [5, 5.41) is 0.697. The van der Waals surface area contributed by atoms with Crippen LogP contribution in [-0.4, -0.2) is 82.1 Å². The lowest BCUT2D eigenvalue weighted by atomic mass is 9.77. The minimum Gasteiger partial charge on any atom is -0.378 e. The van der Waals surface area contributed by atoms with E-state index in [1.165, 1.54) is 25.0 Å². The molecule has 4 unspecified atom stereocenters. The van der Waals surface area contributed by atoms with Crippen molar-refractivity contribution in [3.05, 3.63) is 0 Å². The van der Waals surface area contributed by atoms with Crippen molar-refractivity contribution in [3.63, 3.8) is 0 Å². The molecule has 3 rings (SSSR count). The molecule has 0 aromatic heterocycles. The quantitative estimate of drug-likeness (QED) is 0.329. The molecule has 0 bridgehead atoms. The highest BCUT2D eigenvalue weighted by atomic mass is 33.1. The molecule has 3 aliphatic rings. The minimum absolute atomic E-state index is 0.697. The molecule has 30 heavy (non-hydrogen) atoms. The molecule has 2 heterocycles. The van der Waals surface area contributed by atoms with Crippen molar-refractivity contribution in [2.45, 2.75) is 38.4 Å². The van der Waals surface area contributed by atoms with Crippen LogP contribution in [0.4, 0.5) is 0 Å². The summed E-state index contributed by atoms with van der Waals surface area (Å²) in [4.78, 5) is 4.58. The third kappa shape index (κ3) is 8.15. The Bertz CT molecular complexity index is 557. The van der Waals surface area contributed by atoms with Crippen LogP contribution in [0.1, 0.15) is 33.1 Å². The zero-order valence-electron chi connectivity index (χ0n) is 18.0. The Morgan fingerprint density at radius 2 is 1.50 bits per heavy atom. The molecular weight excluding hydrogens is 493 g/mol. The summed E-state index contributed by atoms with van der Waals surface area (Å²) in [6, 6.07) is 0. The fourth-order valence-electron chi connectivity index (χ4n) is 3.99. The summed E-state index contributed by atoms with van der Waals surface area (Å²) < 4.78 is 12.9. The second-order valence-electron chi connectivity index (χ2n) is 8.34. The van der Waals surface area contributed by atoms with Gasteiger partial charge in [-0.05, 0) is 58.6 Å². The van der Waals surface area contributed by atoms with Crippen molar-refractivity contribution in [1.82, 2.24) is 9.80 Å². The fourth-order valence-corrected chi connectivity index (χ4v) is 10.4. The Kier molecular flexibility index (Phi) is 11.8. The summed E-state index contributed by atoms with van der Waals surface area (Å²) in [5.74, 6) is 3.47. The van der Waals surface area contributed by atoms with Gasteiger partial charge in [0.25, 0.3) is 0 Å². The average molecular weight is 527 g/mol. The number of morpholine rings is 2. The molecule has 3 fully saturated rings. The smallest absolute Gasteiger partial charge is 0.147 e. The van der Waals surface area contributed by atoms with Gasteiger partial charge in [-0.2, -0.15) is 0 Å². The molecule has 172 valence electrons. The van der Waals surface area contributed by atoms with E-state index in [2.05, 4.69) is 23.6 Å². The molecule has 1 saturated carbocycles. The third-order valence-corrected chi connectivity index (χ3v) is 13.2. The molecule has 0 spiro atoms. The van der Waals surface area contributed by atoms with Crippen LogP contribution < -0.4 is 0 Å². The van der Waals surface area contributed by atoms with Gasteiger partial charge in [-0.1, -0.05) is 59.9 Å². The molecule has 4 atom stereocenters. The summed E-state index contributed by atoms with van der Waals surface area (Å²) in [6.45, 7) is 11.8. The number of ether oxygens (including phenoxy) is 2. The lowest BCUT2D eigenvalue weighted by Crippen LogP contribution is -2.38. The monoisotopic (exact) mass is 526 g/mol. The number of rotatable bonds is 6. The minimum atomic E-state index is 0.697. The van der Waals surface area contributed by atoms with E-state index in [1.54, 1.807) is 10.8 Å². The average Bonchev–Trinajstić information content (AvgIpc) is 2.79. The topological polar surface area (TPSA) is 24.9 Å². The van der Waals surface area contributed by atoms with Crippen molar-refractivity contribution >= 4 is 76.3 Å². The van der Waals surface area contributed by atoms with E-state index in [4.69, 9.17) is 33.9 Å². The summed E-state index contributed by atoms with van der Waals surface area (Å²) in [7, 11) is 7.56. The van der Waals surface area contributed by atoms with Crippen molar-refractivity contribution < 1.29 is 9.47 Å². The predicted octanol–water partition coefficient (Wildman–Crippen LogP) is 5.42. The van der Waals surface area contributed by atoms with Crippen LogP contribution in [0.5, 0.6) is 0 Å². The first kappa shape index (κ1) is 25.7. The standard InChI is InChI=1S/C20H34N2O2S6/c1-15-3-4-17(13-18(15)28-30-20(26)22-7-11-24-12-8-22)16(2)14-27-29-19(25)21-5-9-23-10-6-21/h15-18H,3-14H2,1-2H3. The predicted molar refractivity (Wildman–Crippen MR) is 145 cm³/mol. The normalized spacial score (nSPS) is 28.9. The molecule has 0 N–H and O–H groups in total. The summed E-state index contributed by atoms with van der Waals surface area (Å²) >= 11 is 11.3. The van der Waals surface area contributed by atoms with E-state index in [9.17, 15) is 0 Å². The zero-order valence-corrected chi connectivity index (χ0v) is 22.9. The second-order valence-corrected chi connectivity index (χ2v) is 14.4. The number of hydrogen-bond acceptors (Lipinski definition) is 8. The Labute approximate surface area is 208 Å². The third-order valence-electron chi connectivity index (χ3n) is 6.21. The van der Waals surface area contributed by atoms with Crippen molar-refractivity contribution in [1.29, 1.82) is 0 Å². The highest BCUT2D eigenvalue weighted by molar-refractivity contribution is 8.84. The molecule has 0 radical (unpaired) electrons. The van der Waals surface area contributed by atoms with E-state index < -0.39 is 0 Å². The van der Waals surface area contributed by atoms with E-state index in [0.29, 0.717) is 5.25 Å². The molecule has 1 aliphatic carbocycles. The van der Waals surface area contributed by atoms with Crippen molar-refractivity contribution in [2.75, 3.05) is 58.4 Å². The van der Waals surface area contributed by atoms with E-state index in [-0.39, 0.29) is 0 Å². The largest absolute Gasteiger partial charge is 0.378 e. The summed E-state index contributed by atoms with van der Waals surface area (Å²) in [6.07, 6.45) is 4.00. The number of hydrogen-bond donors (Lipinski definition) is 0. The van der Waals surface area contributed by atoms with Crippen molar-refractivity contribution in [3.8, 4) is 0 Å².